The minimum atomic E-state index is -0.0631. The molecule has 1 unspecified atom stereocenters. The lowest BCUT2D eigenvalue weighted by Gasteiger charge is -2.37. The van der Waals surface area contributed by atoms with Crippen molar-refractivity contribution in [3.05, 3.63) is 0 Å². The normalized spacial score (nSPS) is 45.9. The monoisotopic (exact) mass is 142 g/mol. The summed E-state index contributed by atoms with van der Waals surface area (Å²) in [6.07, 6.45) is 2.13. The minimum Gasteiger partial charge on any atom is -0.327 e. The molecule has 0 bridgehead atoms. The van der Waals surface area contributed by atoms with Gasteiger partial charge in [-0.05, 0) is 25.2 Å². The summed E-state index contributed by atoms with van der Waals surface area (Å²) in [4.78, 5) is 0. The van der Waals surface area contributed by atoms with E-state index in [2.05, 4.69) is 20.8 Å². The molecule has 0 spiro atoms. The fourth-order valence-electron chi connectivity index (χ4n) is 1.56. The Morgan fingerprint density at radius 3 is 1.90 bits per heavy atom. The van der Waals surface area contributed by atoms with Gasteiger partial charge in [-0.2, -0.15) is 0 Å². The van der Waals surface area contributed by atoms with Gasteiger partial charge >= 0.3 is 0 Å². The summed E-state index contributed by atoms with van der Waals surface area (Å²) in [5.74, 6) is 0. The van der Waals surface area contributed by atoms with E-state index >= 15 is 0 Å². The van der Waals surface area contributed by atoms with Gasteiger partial charge in [0.15, 0.2) is 0 Å². The molecule has 0 heterocycles. The van der Waals surface area contributed by atoms with Crippen molar-refractivity contribution in [2.45, 2.75) is 45.2 Å². The molecule has 0 saturated heterocycles. The number of nitrogens with two attached hydrogens (primary N) is 2. The summed E-state index contributed by atoms with van der Waals surface area (Å²) in [5, 5.41) is 0. The van der Waals surface area contributed by atoms with E-state index in [0.29, 0.717) is 0 Å². The van der Waals surface area contributed by atoms with Crippen LogP contribution in [0.2, 0.25) is 0 Å². The molecule has 0 radical (unpaired) electrons. The first-order chi connectivity index (χ1) is 4.38. The topological polar surface area (TPSA) is 52.0 Å². The van der Waals surface area contributed by atoms with Gasteiger partial charge < -0.3 is 11.5 Å². The first kappa shape index (κ1) is 8.02. The van der Waals surface area contributed by atoms with E-state index in [-0.39, 0.29) is 17.0 Å². The minimum absolute atomic E-state index is 0.0631. The van der Waals surface area contributed by atoms with E-state index in [1.54, 1.807) is 0 Å². The van der Waals surface area contributed by atoms with Gasteiger partial charge in [0.2, 0.25) is 0 Å². The van der Waals surface area contributed by atoms with E-state index in [9.17, 15) is 0 Å². The van der Waals surface area contributed by atoms with Crippen LogP contribution < -0.4 is 11.5 Å². The van der Waals surface area contributed by atoms with Gasteiger partial charge in [-0.25, -0.2) is 0 Å². The van der Waals surface area contributed by atoms with Gasteiger partial charge in [0.25, 0.3) is 0 Å². The Kier molecular flexibility index (Phi) is 1.57. The van der Waals surface area contributed by atoms with Crippen molar-refractivity contribution < 1.29 is 0 Å². The SMILES string of the molecule is CC1(N)CC[C@H](N)C1(C)C. The predicted octanol–water partition coefficient (Wildman–Crippen LogP) is 0.851. The third kappa shape index (κ3) is 0.867. The molecule has 2 atom stereocenters. The molecule has 10 heavy (non-hydrogen) atoms. The van der Waals surface area contributed by atoms with E-state index in [1.807, 2.05) is 0 Å². The standard InChI is InChI=1S/C8H18N2/c1-7(2)6(9)4-5-8(7,3)10/h6H,4-5,9-10H2,1-3H3/t6-,8?/m0/s1. The van der Waals surface area contributed by atoms with Gasteiger partial charge in [-0.15, -0.1) is 0 Å². The average molecular weight is 142 g/mol. The fraction of sp³-hybridized carbons (Fsp3) is 1.00. The highest BCUT2D eigenvalue weighted by atomic mass is 14.9. The van der Waals surface area contributed by atoms with Crippen LogP contribution in [0.5, 0.6) is 0 Å². The van der Waals surface area contributed by atoms with Crippen LogP contribution in [0.15, 0.2) is 0 Å². The lowest BCUT2D eigenvalue weighted by Crippen LogP contribution is -2.51. The largest absolute Gasteiger partial charge is 0.327 e. The molecule has 0 aromatic heterocycles. The van der Waals surface area contributed by atoms with Crippen LogP contribution in [0.4, 0.5) is 0 Å². The fourth-order valence-corrected chi connectivity index (χ4v) is 1.56. The van der Waals surface area contributed by atoms with Crippen molar-refractivity contribution in [2.24, 2.45) is 16.9 Å². The second-order valence-electron chi connectivity index (χ2n) is 4.28. The molecule has 0 aromatic rings. The summed E-state index contributed by atoms with van der Waals surface area (Å²) in [6.45, 7) is 6.41. The quantitative estimate of drug-likeness (QED) is 0.527. The summed E-state index contributed by atoms with van der Waals surface area (Å²) >= 11 is 0. The van der Waals surface area contributed by atoms with Crippen LogP contribution in [0.25, 0.3) is 0 Å². The second kappa shape index (κ2) is 1.95. The number of hydrogen-bond donors (Lipinski definition) is 2. The van der Waals surface area contributed by atoms with E-state index < -0.39 is 0 Å². The van der Waals surface area contributed by atoms with Crippen LogP contribution in [-0.4, -0.2) is 11.6 Å². The Labute approximate surface area is 63.0 Å². The Morgan fingerprint density at radius 2 is 1.80 bits per heavy atom. The van der Waals surface area contributed by atoms with Crippen molar-refractivity contribution in [3.8, 4) is 0 Å². The molecule has 1 aliphatic rings. The maximum Gasteiger partial charge on any atom is 0.0192 e. The Morgan fingerprint density at radius 1 is 1.30 bits per heavy atom. The van der Waals surface area contributed by atoms with Crippen LogP contribution in [0.3, 0.4) is 0 Å². The Balaban J connectivity index is 2.84. The molecular formula is C8H18N2. The summed E-state index contributed by atoms with van der Waals surface area (Å²) in [5.41, 5.74) is 12.0. The predicted molar refractivity (Wildman–Crippen MR) is 43.6 cm³/mol. The van der Waals surface area contributed by atoms with Crippen molar-refractivity contribution in [3.63, 3.8) is 0 Å². The molecule has 60 valence electrons. The highest BCUT2D eigenvalue weighted by Gasteiger charge is 2.47. The average Bonchev–Trinajstić information content (AvgIpc) is 1.94. The van der Waals surface area contributed by atoms with Gasteiger partial charge in [-0.1, -0.05) is 13.8 Å². The molecule has 1 aliphatic carbocycles. The molecular weight excluding hydrogens is 124 g/mol. The second-order valence-corrected chi connectivity index (χ2v) is 4.28. The highest BCUT2D eigenvalue weighted by molar-refractivity contribution is 5.06. The van der Waals surface area contributed by atoms with E-state index in [4.69, 9.17) is 11.5 Å². The molecule has 2 heteroatoms. The Bertz CT molecular complexity index is 138. The van der Waals surface area contributed by atoms with Crippen molar-refractivity contribution in [1.82, 2.24) is 0 Å². The highest BCUT2D eigenvalue weighted by Crippen LogP contribution is 2.42. The van der Waals surface area contributed by atoms with E-state index in [0.717, 1.165) is 12.8 Å². The summed E-state index contributed by atoms with van der Waals surface area (Å²) in [6, 6.07) is 0.280. The van der Waals surface area contributed by atoms with Gasteiger partial charge in [-0.3, -0.25) is 0 Å². The molecule has 0 aromatic carbocycles. The molecule has 1 rings (SSSR count). The Hall–Kier alpha value is -0.0800. The summed E-state index contributed by atoms with van der Waals surface area (Å²) < 4.78 is 0. The maximum absolute atomic E-state index is 6.07. The smallest absolute Gasteiger partial charge is 0.0192 e. The third-order valence-electron chi connectivity index (χ3n) is 3.37. The first-order valence-corrected chi connectivity index (χ1v) is 3.92. The van der Waals surface area contributed by atoms with Crippen molar-refractivity contribution >= 4 is 0 Å². The maximum atomic E-state index is 6.07. The van der Waals surface area contributed by atoms with Crippen molar-refractivity contribution in [1.29, 1.82) is 0 Å². The zero-order chi connectivity index (χ0) is 7.99. The molecule has 1 fully saturated rings. The summed E-state index contributed by atoms with van der Waals surface area (Å²) in [7, 11) is 0. The van der Waals surface area contributed by atoms with Crippen LogP contribution in [-0.2, 0) is 0 Å². The lowest BCUT2D eigenvalue weighted by atomic mass is 9.75. The third-order valence-corrected chi connectivity index (χ3v) is 3.37. The van der Waals surface area contributed by atoms with Gasteiger partial charge in [0, 0.05) is 11.6 Å². The first-order valence-electron chi connectivity index (χ1n) is 3.92. The number of rotatable bonds is 0. The molecule has 0 aliphatic heterocycles. The lowest BCUT2D eigenvalue weighted by molar-refractivity contribution is 0.207. The van der Waals surface area contributed by atoms with E-state index in [1.165, 1.54) is 0 Å². The zero-order valence-electron chi connectivity index (χ0n) is 7.15. The van der Waals surface area contributed by atoms with Gasteiger partial charge in [0.1, 0.15) is 0 Å². The van der Waals surface area contributed by atoms with Crippen LogP contribution >= 0.6 is 0 Å². The van der Waals surface area contributed by atoms with Gasteiger partial charge in [0.05, 0.1) is 0 Å². The number of hydrogen-bond acceptors (Lipinski definition) is 2. The zero-order valence-corrected chi connectivity index (χ0v) is 7.15. The molecule has 2 nitrogen and oxygen atoms in total. The molecule has 1 saturated carbocycles. The molecule has 0 amide bonds. The van der Waals surface area contributed by atoms with Crippen molar-refractivity contribution in [2.75, 3.05) is 0 Å². The van der Waals surface area contributed by atoms with Crippen LogP contribution in [0, 0.1) is 5.41 Å². The van der Waals surface area contributed by atoms with Crippen LogP contribution in [0.1, 0.15) is 33.6 Å². The molecule has 4 N–H and O–H groups in total.